The molecule has 0 radical (unpaired) electrons. The van der Waals surface area contributed by atoms with Gasteiger partial charge in [-0.05, 0) is 60.9 Å². The van der Waals surface area contributed by atoms with Crippen LogP contribution in [0.2, 0.25) is 0 Å². The lowest BCUT2D eigenvalue weighted by atomic mass is 10.0. The van der Waals surface area contributed by atoms with Gasteiger partial charge in [0.1, 0.15) is 11.6 Å². The van der Waals surface area contributed by atoms with E-state index in [1.807, 2.05) is 18.2 Å². The molecule has 0 aliphatic carbocycles. The van der Waals surface area contributed by atoms with Crippen LogP contribution in [0.4, 0.5) is 0 Å². The summed E-state index contributed by atoms with van der Waals surface area (Å²) in [6.45, 7) is 1.65. The lowest BCUT2D eigenvalue weighted by molar-refractivity contribution is -0.133. The summed E-state index contributed by atoms with van der Waals surface area (Å²) >= 11 is 0. The molecule has 2 aromatic carbocycles. The lowest BCUT2D eigenvalue weighted by Gasteiger charge is -2.26. The number of hydrogen-bond donors (Lipinski definition) is 3. The second-order valence-electron chi connectivity index (χ2n) is 8.70. The molecule has 0 atom stereocenters. The summed E-state index contributed by atoms with van der Waals surface area (Å²) in [5, 5.41) is 13.4. The van der Waals surface area contributed by atoms with Crippen molar-refractivity contribution in [3.05, 3.63) is 60.3 Å². The average molecular weight is 486 g/mol. The van der Waals surface area contributed by atoms with E-state index in [0.29, 0.717) is 47.9 Å². The van der Waals surface area contributed by atoms with Crippen LogP contribution in [-0.4, -0.2) is 63.5 Å². The van der Waals surface area contributed by atoms with Crippen molar-refractivity contribution in [3.63, 3.8) is 0 Å². The molecule has 3 heterocycles. The minimum absolute atomic E-state index is 0.0749. The molecule has 1 aliphatic rings. The van der Waals surface area contributed by atoms with Crippen LogP contribution >= 0.6 is 0 Å². The third kappa shape index (κ3) is 4.72. The number of ether oxygens (including phenoxy) is 1. The Hall–Kier alpha value is -4.40. The first-order valence-corrected chi connectivity index (χ1v) is 11.9. The van der Waals surface area contributed by atoms with Gasteiger partial charge in [-0.2, -0.15) is 0 Å². The Morgan fingerprint density at radius 3 is 2.89 bits per heavy atom. The van der Waals surface area contributed by atoms with Gasteiger partial charge in [0.15, 0.2) is 0 Å². The SMILES string of the molecule is COc1ncccc1-c1ccc(O)c(-c2nc3cc(C(=O)NCCN4CCCCC4=O)ccc3[nH]2)c1. The normalized spacial score (nSPS) is 13.7. The van der Waals surface area contributed by atoms with Crippen LogP contribution in [0.3, 0.4) is 0 Å². The monoisotopic (exact) mass is 485 g/mol. The van der Waals surface area contributed by atoms with E-state index in [1.54, 1.807) is 48.5 Å². The molecule has 9 heteroatoms. The van der Waals surface area contributed by atoms with E-state index >= 15 is 0 Å². The van der Waals surface area contributed by atoms with Crippen LogP contribution < -0.4 is 10.1 Å². The Bertz CT molecular complexity index is 1430. The number of carbonyl (C=O) groups excluding carboxylic acids is 2. The number of aromatic amines is 1. The number of hydrogen-bond acceptors (Lipinski definition) is 6. The highest BCUT2D eigenvalue weighted by molar-refractivity contribution is 5.97. The van der Waals surface area contributed by atoms with Crippen molar-refractivity contribution in [3.8, 4) is 34.1 Å². The molecule has 4 aromatic rings. The largest absolute Gasteiger partial charge is 0.507 e. The van der Waals surface area contributed by atoms with E-state index in [4.69, 9.17) is 4.74 Å². The average Bonchev–Trinajstić information content (AvgIpc) is 3.33. The Morgan fingerprint density at radius 1 is 1.17 bits per heavy atom. The second-order valence-corrected chi connectivity index (χ2v) is 8.70. The minimum atomic E-state index is -0.223. The minimum Gasteiger partial charge on any atom is -0.507 e. The molecule has 2 aromatic heterocycles. The summed E-state index contributed by atoms with van der Waals surface area (Å²) in [6, 6.07) is 14.2. The highest BCUT2D eigenvalue weighted by atomic mass is 16.5. The van der Waals surface area contributed by atoms with Gasteiger partial charge in [0.2, 0.25) is 11.8 Å². The van der Waals surface area contributed by atoms with Crippen LogP contribution in [0.5, 0.6) is 11.6 Å². The van der Waals surface area contributed by atoms with E-state index in [0.717, 1.165) is 36.0 Å². The standard InChI is InChI=1S/C27H27N5O4/c1-36-27-19(5-4-11-29-27)17-8-10-23(33)20(15-17)25-30-21-9-7-18(16-22(21)31-25)26(35)28-12-14-32-13-3-2-6-24(32)34/h4-5,7-11,15-16,33H,2-3,6,12-14H2,1H3,(H,28,35)(H,30,31). The highest BCUT2D eigenvalue weighted by Gasteiger charge is 2.18. The maximum absolute atomic E-state index is 12.7. The van der Waals surface area contributed by atoms with E-state index in [9.17, 15) is 14.7 Å². The van der Waals surface area contributed by atoms with Crippen LogP contribution in [0.25, 0.3) is 33.5 Å². The molecule has 0 spiro atoms. The number of piperidine rings is 1. The quantitative estimate of drug-likeness (QED) is 0.367. The van der Waals surface area contributed by atoms with Crippen LogP contribution in [0.15, 0.2) is 54.7 Å². The van der Waals surface area contributed by atoms with Gasteiger partial charge in [-0.25, -0.2) is 9.97 Å². The third-order valence-electron chi connectivity index (χ3n) is 6.36. The molecule has 9 nitrogen and oxygen atoms in total. The van der Waals surface area contributed by atoms with E-state index in [1.165, 1.54) is 0 Å². The molecular formula is C27H27N5O4. The number of phenols is 1. The number of amides is 2. The summed E-state index contributed by atoms with van der Waals surface area (Å²) in [4.78, 5) is 38.5. The second kappa shape index (κ2) is 10.1. The molecule has 1 fully saturated rings. The van der Waals surface area contributed by atoms with Gasteiger partial charge < -0.3 is 25.0 Å². The molecule has 0 unspecified atom stereocenters. The number of carbonyl (C=O) groups is 2. The number of phenolic OH excluding ortho intramolecular Hbond substituents is 1. The predicted molar refractivity (Wildman–Crippen MR) is 136 cm³/mol. The number of nitrogens with one attached hydrogen (secondary N) is 2. The fraction of sp³-hybridized carbons (Fsp3) is 0.259. The molecule has 0 saturated carbocycles. The summed E-state index contributed by atoms with van der Waals surface area (Å²) in [5.41, 5.74) is 3.95. The highest BCUT2D eigenvalue weighted by Crippen LogP contribution is 2.35. The zero-order chi connectivity index (χ0) is 25.1. The molecule has 3 N–H and O–H groups in total. The summed E-state index contributed by atoms with van der Waals surface area (Å²) < 4.78 is 5.37. The van der Waals surface area contributed by atoms with Crippen molar-refractivity contribution in [1.82, 2.24) is 25.2 Å². The number of benzene rings is 2. The molecule has 1 saturated heterocycles. The van der Waals surface area contributed by atoms with Gasteiger partial charge in [0.05, 0.1) is 23.7 Å². The predicted octanol–water partition coefficient (Wildman–Crippen LogP) is 3.75. The third-order valence-corrected chi connectivity index (χ3v) is 6.36. The van der Waals surface area contributed by atoms with Crippen molar-refractivity contribution < 1.29 is 19.4 Å². The molecule has 2 amide bonds. The Kier molecular flexibility index (Phi) is 6.53. The first kappa shape index (κ1) is 23.3. The number of imidazole rings is 1. The molecular weight excluding hydrogens is 458 g/mol. The number of rotatable bonds is 7. The molecule has 1 aliphatic heterocycles. The number of nitrogens with zero attached hydrogens (tertiary/aromatic N) is 3. The summed E-state index contributed by atoms with van der Waals surface area (Å²) in [6.07, 6.45) is 4.18. The Morgan fingerprint density at radius 2 is 2.06 bits per heavy atom. The maximum Gasteiger partial charge on any atom is 0.251 e. The van der Waals surface area contributed by atoms with E-state index < -0.39 is 0 Å². The summed E-state index contributed by atoms with van der Waals surface area (Å²) in [5.74, 6) is 0.966. The van der Waals surface area contributed by atoms with Crippen LogP contribution in [0, 0.1) is 0 Å². The number of aromatic hydroxyl groups is 1. The van der Waals surface area contributed by atoms with Crippen LogP contribution in [-0.2, 0) is 4.79 Å². The number of fused-ring (bicyclic) bond motifs is 1. The van der Waals surface area contributed by atoms with Gasteiger partial charge in [-0.15, -0.1) is 0 Å². The zero-order valence-corrected chi connectivity index (χ0v) is 20.0. The Labute approximate surface area is 208 Å². The van der Waals surface area contributed by atoms with Crippen molar-refractivity contribution >= 4 is 22.8 Å². The number of aromatic nitrogens is 3. The van der Waals surface area contributed by atoms with Crippen molar-refractivity contribution in [2.24, 2.45) is 0 Å². The number of methoxy groups -OCH3 is 1. The fourth-order valence-electron chi connectivity index (χ4n) is 4.45. The van der Waals surface area contributed by atoms with Gasteiger partial charge in [0, 0.05) is 43.4 Å². The topological polar surface area (TPSA) is 120 Å². The fourth-order valence-corrected chi connectivity index (χ4v) is 4.45. The van der Waals surface area contributed by atoms with Crippen molar-refractivity contribution in [2.75, 3.05) is 26.7 Å². The molecule has 5 rings (SSSR count). The smallest absolute Gasteiger partial charge is 0.251 e. The molecule has 36 heavy (non-hydrogen) atoms. The summed E-state index contributed by atoms with van der Waals surface area (Å²) in [7, 11) is 1.56. The van der Waals surface area contributed by atoms with Crippen molar-refractivity contribution in [2.45, 2.75) is 19.3 Å². The van der Waals surface area contributed by atoms with E-state index in [-0.39, 0.29) is 17.6 Å². The Balaban J connectivity index is 1.35. The number of H-pyrrole nitrogens is 1. The van der Waals surface area contributed by atoms with Gasteiger partial charge in [-0.1, -0.05) is 6.07 Å². The molecule has 184 valence electrons. The van der Waals surface area contributed by atoms with Crippen molar-refractivity contribution in [1.29, 1.82) is 0 Å². The van der Waals surface area contributed by atoms with Gasteiger partial charge in [-0.3, -0.25) is 9.59 Å². The van der Waals surface area contributed by atoms with Crippen LogP contribution in [0.1, 0.15) is 29.6 Å². The van der Waals surface area contributed by atoms with E-state index in [2.05, 4.69) is 20.3 Å². The first-order valence-electron chi connectivity index (χ1n) is 11.9. The van der Waals surface area contributed by atoms with Gasteiger partial charge in [0.25, 0.3) is 5.91 Å². The molecule has 0 bridgehead atoms. The number of likely N-dealkylation sites (tertiary alicyclic amines) is 1. The zero-order valence-electron chi connectivity index (χ0n) is 20.0. The maximum atomic E-state index is 12.7. The van der Waals surface area contributed by atoms with Gasteiger partial charge >= 0.3 is 0 Å². The first-order chi connectivity index (χ1) is 17.5. The lowest BCUT2D eigenvalue weighted by Crippen LogP contribution is -2.41. The number of pyridine rings is 1.